The van der Waals surface area contributed by atoms with Gasteiger partial charge in [0.25, 0.3) is 0 Å². The van der Waals surface area contributed by atoms with Crippen LogP contribution in [0.25, 0.3) is 6.08 Å². The first kappa shape index (κ1) is 13.7. The lowest BCUT2D eigenvalue weighted by molar-refractivity contribution is -0.0353. The molecule has 2 atom stereocenters. The number of fused-ring (bicyclic) bond motifs is 1. The molecule has 3 rings (SSSR count). The number of aliphatic hydroxyl groups is 1. The van der Waals surface area contributed by atoms with Gasteiger partial charge in [0.2, 0.25) is 0 Å². The largest absolute Gasteiger partial charge is 0.497 e. The molecule has 108 valence electrons. The van der Waals surface area contributed by atoms with Crippen LogP contribution in [0, 0.1) is 0 Å². The Hall–Kier alpha value is -2.26. The van der Waals surface area contributed by atoms with Crippen molar-refractivity contribution in [3.63, 3.8) is 0 Å². The molecule has 1 aliphatic heterocycles. The highest BCUT2D eigenvalue weighted by Gasteiger charge is 2.24. The van der Waals surface area contributed by atoms with E-state index in [0.717, 1.165) is 22.6 Å². The summed E-state index contributed by atoms with van der Waals surface area (Å²) in [5.74, 6) is 1.77. The van der Waals surface area contributed by atoms with E-state index in [0.29, 0.717) is 6.42 Å². The third-order valence-corrected chi connectivity index (χ3v) is 3.67. The summed E-state index contributed by atoms with van der Waals surface area (Å²) >= 11 is 0. The second-order valence-corrected chi connectivity index (χ2v) is 5.08. The third kappa shape index (κ3) is 3.09. The van der Waals surface area contributed by atoms with E-state index in [2.05, 4.69) is 12.2 Å². The zero-order valence-corrected chi connectivity index (χ0v) is 11.9. The van der Waals surface area contributed by atoms with Crippen LogP contribution in [0.15, 0.2) is 54.6 Å². The van der Waals surface area contributed by atoms with Gasteiger partial charge in [-0.15, -0.1) is 0 Å². The van der Waals surface area contributed by atoms with E-state index in [-0.39, 0.29) is 5.92 Å². The molecule has 0 spiro atoms. The van der Waals surface area contributed by atoms with Gasteiger partial charge in [-0.05, 0) is 23.8 Å². The first-order chi connectivity index (χ1) is 10.3. The fourth-order valence-electron chi connectivity index (χ4n) is 2.56. The number of para-hydroxylation sites is 1. The number of aliphatic hydroxyl groups excluding tert-OH is 1. The summed E-state index contributed by atoms with van der Waals surface area (Å²) in [4.78, 5) is 0. The van der Waals surface area contributed by atoms with E-state index in [1.165, 1.54) is 0 Å². The summed E-state index contributed by atoms with van der Waals surface area (Å²) in [6.45, 7) is 0. The minimum atomic E-state index is -0.745. The molecule has 0 saturated heterocycles. The average molecular weight is 282 g/mol. The molecular formula is C18H18O3. The first-order valence-corrected chi connectivity index (χ1v) is 7.02. The van der Waals surface area contributed by atoms with Gasteiger partial charge in [-0.3, -0.25) is 0 Å². The van der Waals surface area contributed by atoms with Crippen molar-refractivity contribution in [1.29, 1.82) is 0 Å². The Morgan fingerprint density at radius 3 is 2.67 bits per heavy atom. The monoisotopic (exact) mass is 282 g/mol. The zero-order valence-electron chi connectivity index (χ0n) is 11.9. The Morgan fingerprint density at radius 1 is 1.14 bits per heavy atom. The molecule has 3 nitrogen and oxygen atoms in total. The van der Waals surface area contributed by atoms with Crippen molar-refractivity contribution in [2.45, 2.75) is 18.6 Å². The van der Waals surface area contributed by atoms with Gasteiger partial charge in [0.15, 0.2) is 6.29 Å². The third-order valence-electron chi connectivity index (χ3n) is 3.67. The number of hydrogen-bond acceptors (Lipinski definition) is 3. The van der Waals surface area contributed by atoms with Gasteiger partial charge < -0.3 is 14.6 Å². The number of benzene rings is 2. The quantitative estimate of drug-likeness (QED) is 0.935. The smallest absolute Gasteiger partial charge is 0.198 e. The molecular weight excluding hydrogens is 264 g/mol. The molecule has 2 aromatic carbocycles. The maximum Gasteiger partial charge on any atom is 0.198 e. The lowest BCUT2D eigenvalue weighted by Crippen LogP contribution is -2.24. The van der Waals surface area contributed by atoms with E-state index in [1.807, 2.05) is 48.5 Å². The highest BCUT2D eigenvalue weighted by Crippen LogP contribution is 2.36. The second kappa shape index (κ2) is 6.02. The summed E-state index contributed by atoms with van der Waals surface area (Å²) in [7, 11) is 1.66. The van der Waals surface area contributed by atoms with Gasteiger partial charge >= 0.3 is 0 Å². The SMILES string of the molecule is COc1ccc(C=CC2CC(O)Oc3ccccc32)cc1. The standard InChI is InChI=1S/C18H18O3/c1-20-15-10-7-13(8-11-15)6-9-14-12-18(19)21-17-5-3-2-4-16(14)17/h2-11,14,18-19H,12H2,1H3. The van der Waals surface area contributed by atoms with Gasteiger partial charge in [0.05, 0.1) is 7.11 Å². The van der Waals surface area contributed by atoms with Crippen molar-refractivity contribution in [3.8, 4) is 11.5 Å². The maximum absolute atomic E-state index is 9.82. The highest BCUT2D eigenvalue weighted by atomic mass is 16.6. The molecule has 0 radical (unpaired) electrons. The molecule has 21 heavy (non-hydrogen) atoms. The molecule has 0 fully saturated rings. The highest BCUT2D eigenvalue weighted by molar-refractivity contribution is 5.53. The minimum Gasteiger partial charge on any atom is -0.497 e. The average Bonchev–Trinajstić information content (AvgIpc) is 2.53. The molecule has 1 heterocycles. The van der Waals surface area contributed by atoms with E-state index in [9.17, 15) is 5.11 Å². The normalized spacial score (nSPS) is 20.9. The molecule has 1 aliphatic rings. The number of ether oxygens (including phenoxy) is 2. The Balaban J connectivity index is 1.82. The molecule has 0 bridgehead atoms. The van der Waals surface area contributed by atoms with E-state index in [1.54, 1.807) is 7.11 Å². The Labute approximate surface area is 124 Å². The molecule has 1 N–H and O–H groups in total. The van der Waals surface area contributed by atoms with Gasteiger partial charge in [-0.2, -0.15) is 0 Å². The van der Waals surface area contributed by atoms with E-state index >= 15 is 0 Å². The Kier molecular flexibility index (Phi) is 3.93. The minimum absolute atomic E-state index is 0.159. The molecule has 3 heteroatoms. The summed E-state index contributed by atoms with van der Waals surface area (Å²) in [6, 6.07) is 15.7. The van der Waals surface area contributed by atoms with Crippen molar-refractivity contribution in [3.05, 3.63) is 65.7 Å². The second-order valence-electron chi connectivity index (χ2n) is 5.08. The van der Waals surface area contributed by atoms with E-state index in [4.69, 9.17) is 9.47 Å². The van der Waals surface area contributed by atoms with Crippen LogP contribution in [-0.2, 0) is 0 Å². The summed E-state index contributed by atoms with van der Waals surface area (Å²) in [5.41, 5.74) is 2.22. The molecule has 0 aliphatic carbocycles. The van der Waals surface area contributed by atoms with E-state index < -0.39 is 6.29 Å². The summed E-state index contributed by atoms with van der Waals surface area (Å²) in [6.07, 6.45) is 4.01. The Bertz CT molecular complexity index is 631. The lowest BCUT2D eigenvalue weighted by Gasteiger charge is -2.27. The van der Waals surface area contributed by atoms with Crippen LogP contribution in [0.3, 0.4) is 0 Å². The molecule has 2 unspecified atom stereocenters. The number of hydrogen-bond donors (Lipinski definition) is 1. The fraction of sp³-hybridized carbons (Fsp3) is 0.222. The van der Waals surface area contributed by atoms with Crippen LogP contribution in [0.4, 0.5) is 0 Å². The number of methoxy groups -OCH3 is 1. The van der Waals surface area contributed by atoms with Crippen LogP contribution in [0.1, 0.15) is 23.5 Å². The zero-order chi connectivity index (χ0) is 14.7. The predicted molar refractivity (Wildman–Crippen MR) is 82.5 cm³/mol. The van der Waals surface area contributed by atoms with Gasteiger partial charge in [-0.25, -0.2) is 0 Å². The number of allylic oxidation sites excluding steroid dienone is 1. The fourth-order valence-corrected chi connectivity index (χ4v) is 2.56. The van der Waals surface area contributed by atoms with Crippen molar-refractivity contribution in [2.24, 2.45) is 0 Å². The predicted octanol–water partition coefficient (Wildman–Crippen LogP) is 3.59. The van der Waals surface area contributed by atoms with Crippen molar-refractivity contribution < 1.29 is 14.6 Å². The van der Waals surface area contributed by atoms with Crippen LogP contribution < -0.4 is 9.47 Å². The maximum atomic E-state index is 9.82. The first-order valence-electron chi connectivity index (χ1n) is 7.02. The van der Waals surface area contributed by atoms with Gasteiger partial charge in [-0.1, -0.05) is 42.5 Å². The van der Waals surface area contributed by atoms with Gasteiger partial charge in [0, 0.05) is 17.9 Å². The number of rotatable bonds is 3. The molecule has 0 aromatic heterocycles. The van der Waals surface area contributed by atoms with Crippen molar-refractivity contribution in [2.75, 3.05) is 7.11 Å². The van der Waals surface area contributed by atoms with Crippen LogP contribution >= 0.6 is 0 Å². The van der Waals surface area contributed by atoms with Crippen LogP contribution in [-0.4, -0.2) is 18.5 Å². The summed E-state index contributed by atoms with van der Waals surface area (Å²) < 4.78 is 10.6. The molecule has 0 amide bonds. The Morgan fingerprint density at radius 2 is 1.90 bits per heavy atom. The molecule has 2 aromatic rings. The van der Waals surface area contributed by atoms with Crippen molar-refractivity contribution >= 4 is 6.08 Å². The lowest BCUT2D eigenvalue weighted by atomic mass is 9.91. The van der Waals surface area contributed by atoms with Crippen LogP contribution in [0.2, 0.25) is 0 Å². The van der Waals surface area contributed by atoms with Gasteiger partial charge in [0.1, 0.15) is 11.5 Å². The molecule has 0 saturated carbocycles. The van der Waals surface area contributed by atoms with Crippen molar-refractivity contribution in [1.82, 2.24) is 0 Å². The topological polar surface area (TPSA) is 38.7 Å². The van der Waals surface area contributed by atoms with Crippen LogP contribution in [0.5, 0.6) is 11.5 Å². The summed E-state index contributed by atoms with van der Waals surface area (Å²) in [5, 5.41) is 9.82.